The zero-order valence-corrected chi connectivity index (χ0v) is 14.9. The van der Waals surface area contributed by atoms with Gasteiger partial charge in [-0.3, -0.25) is 14.9 Å². The average Bonchev–Trinajstić information content (AvgIpc) is 3.15. The number of aromatic nitrogens is 2. The molecule has 1 aromatic heterocycles. The van der Waals surface area contributed by atoms with E-state index in [1.54, 1.807) is 16.7 Å². The van der Waals surface area contributed by atoms with E-state index in [0.29, 0.717) is 13.0 Å². The first-order valence-corrected chi connectivity index (χ1v) is 8.69. The normalized spacial score (nSPS) is 17.1. The van der Waals surface area contributed by atoms with Gasteiger partial charge in [-0.15, -0.1) is 0 Å². The highest BCUT2D eigenvalue weighted by molar-refractivity contribution is 8.16. The van der Waals surface area contributed by atoms with Crippen molar-refractivity contribution in [3.8, 4) is 0 Å². The first-order chi connectivity index (χ1) is 10.8. The molecule has 124 valence electrons. The molecule has 3 rings (SSSR count). The summed E-state index contributed by atoms with van der Waals surface area (Å²) in [6.45, 7) is 8.64. The Labute approximate surface area is 141 Å². The predicted octanol–water partition coefficient (Wildman–Crippen LogP) is 2.32. The number of hydrogen-bond donors (Lipinski definition) is 1. The molecule has 6 nitrogen and oxygen atoms in total. The zero-order valence-electron chi connectivity index (χ0n) is 14.1. The Kier molecular flexibility index (Phi) is 4.23. The molecule has 23 heavy (non-hydrogen) atoms. The van der Waals surface area contributed by atoms with Crippen molar-refractivity contribution in [2.24, 2.45) is 4.99 Å². The lowest BCUT2D eigenvalue weighted by Gasteiger charge is -2.20. The third-order valence-electron chi connectivity index (χ3n) is 4.01. The predicted molar refractivity (Wildman–Crippen MR) is 93.1 cm³/mol. The van der Waals surface area contributed by atoms with Crippen molar-refractivity contribution in [3.63, 3.8) is 0 Å². The van der Waals surface area contributed by atoms with Crippen LogP contribution in [0.3, 0.4) is 0 Å². The van der Waals surface area contributed by atoms with E-state index in [1.165, 1.54) is 0 Å². The third kappa shape index (κ3) is 3.44. The van der Waals surface area contributed by atoms with Gasteiger partial charge in [0.2, 0.25) is 5.91 Å². The van der Waals surface area contributed by atoms with E-state index >= 15 is 0 Å². The van der Waals surface area contributed by atoms with Crippen molar-refractivity contribution in [3.05, 3.63) is 28.6 Å². The lowest BCUT2D eigenvalue weighted by atomic mass is 9.92. The van der Waals surface area contributed by atoms with Crippen LogP contribution in [0.25, 0.3) is 0 Å². The van der Waals surface area contributed by atoms with Gasteiger partial charge in [-0.1, -0.05) is 32.5 Å². The third-order valence-corrected chi connectivity index (χ3v) is 4.96. The molecule has 1 N–H and O–H groups in total. The number of H-pyrrole nitrogens is 1. The summed E-state index contributed by atoms with van der Waals surface area (Å²) in [6.07, 6.45) is 0.419. The number of aliphatic imine (C=N–C) groups is 1. The van der Waals surface area contributed by atoms with Crippen LogP contribution in [0.2, 0.25) is 0 Å². The Hall–Kier alpha value is -1.76. The minimum Gasteiger partial charge on any atom is -0.340 e. The summed E-state index contributed by atoms with van der Waals surface area (Å²) in [6, 6.07) is 2.04. The summed E-state index contributed by atoms with van der Waals surface area (Å²) >= 11 is 1.61. The number of aromatic amines is 1. The molecule has 1 amide bonds. The number of fused-ring (bicyclic) bond motifs is 1. The lowest BCUT2D eigenvalue weighted by Crippen LogP contribution is -2.30. The number of carbonyl (C=O) groups excluding carboxylic acids is 1. The monoisotopic (exact) mass is 333 g/mol. The summed E-state index contributed by atoms with van der Waals surface area (Å²) in [4.78, 5) is 20.8. The van der Waals surface area contributed by atoms with Gasteiger partial charge in [-0.2, -0.15) is 5.10 Å². The first kappa shape index (κ1) is 16.1. The summed E-state index contributed by atoms with van der Waals surface area (Å²) in [7, 11) is 1.83. The second-order valence-electron chi connectivity index (χ2n) is 7.00. The molecule has 7 heteroatoms. The maximum absolute atomic E-state index is 12.5. The van der Waals surface area contributed by atoms with Crippen molar-refractivity contribution in [1.82, 2.24) is 20.0 Å². The number of hydrogen-bond acceptors (Lipinski definition) is 5. The number of nitrogens with zero attached hydrogens (tertiary/aromatic N) is 4. The highest BCUT2D eigenvalue weighted by Crippen LogP contribution is 2.31. The van der Waals surface area contributed by atoms with Crippen LogP contribution in [0, 0.1) is 0 Å². The van der Waals surface area contributed by atoms with Crippen molar-refractivity contribution in [1.29, 1.82) is 0 Å². The fourth-order valence-electron chi connectivity index (χ4n) is 2.58. The van der Waals surface area contributed by atoms with E-state index in [9.17, 15) is 4.79 Å². The van der Waals surface area contributed by atoms with E-state index in [2.05, 4.69) is 40.9 Å². The molecule has 0 unspecified atom stereocenters. The molecule has 0 radical (unpaired) electrons. The molecule has 0 fully saturated rings. The van der Waals surface area contributed by atoms with Gasteiger partial charge in [0.1, 0.15) is 0 Å². The van der Waals surface area contributed by atoms with Gasteiger partial charge in [0.05, 0.1) is 30.9 Å². The summed E-state index contributed by atoms with van der Waals surface area (Å²) in [5.41, 5.74) is 3.04. The van der Waals surface area contributed by atoms with Gasteiger partial charge in [-0.25, -0.2) is 0 Å². The summed E-state index contributed by atoms with van der Waals surface area (Å²) < 4.78 is 0. The molecule has 1 aromatic rings. The van der Waals surface area contributed by atoms with Crippen molar-refractivity contribution < 1.29 is 4.79 Å². The van der Waals surface area contributed by atoms with Crippen LogP contribution in [0.1, 0.15) is 38.6 Å². The first-order valence-electron chi connectivity index (χ1n) is 7.81. The van der Waals surface area contributed by atoms with E-state index < -0.39 is 0 Å². The summed E-state index contributed by atoms with van der Waals surface area (Å²) in [5, 5.41) is 10.4. The van der Waals surface area contributed by atoms with Crippen LogP contribution in [0.5, 0.6) is 0 Å². The van der Waals surface area contributed by atoms with Gasteiger partial charge in [-0.05, 0) is 11.5 Å². The number of carbonyl (C=O) groups is 1. The van der Waals surface area contributed by atoms with Crippen LogP contribution >= 0.6 is 11.8 Å². The largest absolute Gasteiger partial charge is 0.340 e. The molecule has 0 spiro atoms. The maximum Gasteiger partial charge on any atom is 0.228 e. The molecule has 0 bridgehead atoms. The molecule has 0 aliphatic carbocycles. The number of nitrogens with one attached hydrogen (secondary N) is 1. The van der Waals surface area contributed by atoms with Gasteiger partial charge >= 0.3 is 0 Å². The second-order valence-corrected chi connectivity index (χ2v) is 7.83. The fraction of sp³-hybridized carbons (Fsp3) is 0.562. The molecular weight excluding hydrogens is 310 g/mol. The Morgan fingerprint density at radius 1 is 1.48 bits per heavy atom. The number of amides is 1. The van der Waals surface area contributed by atoms with Crippen molar-refractivity contribution >= 4 is 22.8 Å². The maximum atomic E-state index is 12.5. The highest BCUT2D eigenvalue weighted by atomic mass is 32.2. The topological polar surface area (TPSA) is 64.6 Å². The van der Waals surface area contributed by atoms with Crippen LogP contribution in [0.15, 0.2) is 22.2 Å². The van der Waals surface area contributed by atoms with E-state index in [1.807, 2.05) is 18.5 Å². The Morgan fingerprint density at radius 2 is 2.26 bits per heavy atom. The fourth-order valence-corrected chi connectivity index (χ4v) is 3.53. The number of amidine groups is 1. The van der Waals surface area contributed by atoms with Crippen LogP contribution in [0.4, 0.5) is 0 Å². The SMILES string of the molecule is CN(Cc1cc(C(C)(C)C)n[nH]1)C(=O)CC1=CSC2=NCCN12. The highest BCUT2D eigenvalue weighted by Gasteiger charge is 2.28. The molecular formula is C16H23N5OS. The van der Waals surface area contributed by atoms with E-state index in [4.69, 9.17) is 0 Å². The molecule has 0 atom stereocenters. The van der Waals surface area contributed by atoms with Crippen LogP contribution < -0.4 is 0 Å². The minimum absolute atomic E-state index is 0.00863. The zero-order chi connectivity index (χ0) is 16.6. The minimum atomic E-state index is 0.00863. The number of thioether (sulfide) groups is 1. The number of rotatable bonds is 4. The average molecular weight is 333 g/mol. The Balaban J connectivity index is 1.58. The van der Waals surface area contributed by atoms with Gasteiger partial charge < -0.3 is 9.80 Å². The Morgan fingerprint density at radius 3 is 2.96 bits per heavy atom. The van der Waals surface area contributed by atoms with Crippen molar-refractivity contribution in [2.45, 2.75) is 39.2 Å². The van der Waals surface area contributed by atoms with E-state index in [-0.39, 0.29) is 11.3 Å². The van der Waals surface area contributed by atoms with E-state index in [0.717, 1.165) is 35.3 Å². The van der Waals surface area contributed by atoms with Gasteiger partial charge in [0, 0.05) is 24.7 Å². The Bertz CT molecular complexity index is 670. The van der Waals surface area contributed by atoms with Gasteiger partial charge in [0.15, 0.2) is 5.17 Å². The molecule has 0 saturated carbocycles. The lowest BCUT2D eigenvalue weighted by molar-refractivity contribution is -0.129. The van der Waals surface area contributed by atoms with Crippen LogP contribution in [-0.2, 0) is 16.8 Å². The standard InChI is InChI=1S/C16H23N5OS/c1-16(2,3)13-7-11(18-19-13)9-20(4)14(22)8-12-10-23-15-17-5-6-21(12)15/h7,10H,5-6,8-9H2,1-4H3,(H,18,19). The quantitative estimate of drug-likeness (QED) is 0.918. The van der Waals surface area contributed by atoms with Crippen LogP contribution in [-0.4, -0.2) is 51.2 Å². The van der Waals surface area contributed by atoms with Gasteiger partial charge in [0.25, 0.3) is 0 Å². The summed E-state index contributed by atoms with van der Waals surface area (Å²) in [5.74, 6) is 0.108. The molecule has 3 heterocycles. The smallest absolute Gasteiger partial charge is 0.228 e. The van der Waals surface area contributed by atoms with Crippen molar-refractivity contribution in [2.75, 3.05) is 20.1 Å². The molecule has 0 saturated heterocycles. The molecule has 2 aliphatic rings. The molecule has 0 aromatic carbocycles. The molecule has 2 aliphatic heterocycles. The second kappa shape index (κ2) is 6.03.